The molecule has 1 aromatic heterocycles. The first-order valence-corrected chi connectivity index (χ1v) is 5.22. The highest BCUT2D eigenvalue weighted by Crippen LogP contribution is 2.35. The predicted octanol–water partition coefficient (Wildman–Crippen LogP) is 1.69. The number of hydrogen-bond acceptors (Lipinski definition) is 3. The van der Waals surface area contributed by atoms with Crippen LogP contribution in [0, 0.1) is 0 Å². The zero-order chi connectivity index (χ0) is 11.5. The summed E-state index contributed by atoms with van der Waals surface area (Å²) < 4.78 is 10.6. The fourth-order valence-corrected chi connectivity index (χ4v) is 1.94. The summed E-state index contributed by atoms with van der Waals surface area (Å²) in [5.41, 5.74) is 7.74. The molecule has 0 saturated heterocycles. The largest absolute Gasteiger partial charge is 0.493 e. The molecule has 16 heavy (non-hydrogen) atoms. The van der Waals surface area contributed by atoms with Crippen molar-refractivity contribution in [3.05, 3.63) is 23.9 Å². The normalized spacial score (nSPS) is 10.7. The first-order chi connectivity index (χ1) is 7.81. The topological polar surface area (TPSA) is 60.3 Å². The van der Waals surface area contributed by atoms with Gasteiger partial charge in [-0.05, 0) is 30.7 Å². The van der Waals surface area contributed by atoms with Crippen LogP contribution in [0.2, 0.25) is 0 Å². The molecule has 1 heterocycles. The van der Waals surface area contributed by atoms with E-state index in [1.165, 1.54) is 5.56 Å². The molecule has 0 radical (unpaired) electrons. The Morgan fingerprint density at radius 3 is 2.69 bits per heavy atom. The van der Waals surface area contributed by atoms with Crippen LogP contribution in [0.15, 0.2) is 18.3 Å². The van der Waals surface area contributed by atoms with Crippen LogP contribution in [0.3, 0.4) is 0 Å². The number of aromatic nitrogens is 1. The quantitative estimate of drug-likeness (QED) is 0.824. The second-order valence-corrected chi connectivity index (χ2v) is 3.58. The molecule has 4 nitrogen and oxygen atoms in total. The Balaban J connectivity index is 2.61. The molecule has 2 rings (SSSR count). The molecule has 4 heteroatoms. The predicted molar refractivity (Wildman–Crippen MR) is 64.2 cm³/mol. The molecule has 2 aromatic rings. The van der Waals surface area contributed by atoms with Gasteiger partial charge < -0.3 is 20.2 Å². The van der Waals surface area contributed by atoms with Crippen LogP contribution < -0.4 is 15.2 Å². The van der Waals surface area contributed by atoms with E-state index in [9.17, 15) is 0 Å². The third kappa shape index (κ3) is 1.61. The van der Waals surface area contributed by atoms with E-state index in [0.717, 1.165) is 28.8 Å². The standard InChI is InChI=1S/C12H16N2O2/c1-15-10-4-3-9-8(5-6-13)7-14-11(9)12(10)16-2/h3-4,7,14H,5-6,13H2,1-2H3. The Morgan fingerprint density at radius 1 is 1.25 bits per heavy atom. The number of nitrogens with two attached hydrogens (primary N) is 1. The van der Waals surface area contributed by atoms with E-state index >= 15 is 0 Å². The summed E-state index contributed by atoms with van der Waals surface area (Å²) in [7, 11) is 3.27. The van der Waals surface area contributed by atoms with Crippen LogP contribution in [0.1, 0.15) is 5.56 Å². The molecule has 0 aliphatic heterocycles. The third-order valence-corrected chi connectivity index (χ3v) is 2.70. The number of hydrogen-bond donors (Lipinski definition) is 2. The van der Waals surface area contributed by atoms with Crippen molar-refractivity contribution in [1.82, 2.24) is 4.98 Å². The lowest BCUT2D eigenvalue weighted by atomic mass is 10.1. The van der Waals surface area contributed by atoms with Gasteiger partial charge in [-0.15, -0.1) is 0 Å². The van der Waals surface area contributed by atoms with Gasteiger partial charge in [-0.1, -0.05) is 0 Å². The molecule has 86 valence electrons. The van der Waals surface area contributed by atoms with Crippen molar-refractivity contribution in [2.45, 2.75) is 6.42 Å². The van der Waals surface area contributed by atoms with Crippen molar-refractivity contribution < 1.29 is 9.47 Å². The lowest BCUT2D eigenvalue weighted by Gasteiger charge is -2.08. The van der Waals surface area contributed by atoms with Gasteiger partial charge in [-0.2, -0.15) is 0 Å². The molecular weight excluding hydrogens is 204 g/mol. The summed E-state index contributed by atoms with van der Waals surface area (Å²) in [4.78, 5) is 3.21. The molecular formula is C12H16N2O2. The summed E-state index contributed by atoms with van der Waals surface area (Å²) in [6, 6.07) is 3.94. The number of rotatable bonds is 4. The summed E-state index contributed by atoms with van der Waals surface area (Å²) in [6.07, 6.45) is 2.83. The number of aromatic amines is 1. The van der Waals surface area contributed by atoms with E-state index < -0.39 is 0 Å². The zero-order valence-electron chi connectivity index (χ0n) is 9.54. The molecule has 0 fully saturated rings. The Kier molecular flexibility index (Phi) is 3.01. The minimum atomic E-state index is 0.640. The Labute approximate surface area is 94.3 Å². The van der Waals surface area contributed by atoms with Gasteiger partial charge >= 0.3 is 0 Å². The number of nitrogens with one attached hydrogen (secondary N) is 1. The number of methoxy groups -OCH3 is 2. The Hall–Kier alpha value is -1.68. The highest BCUT2D eigenvalue weighted by Gasteiger charge is 2.12. The molecule has 0 amide bonds. The van der Waals surface area contributed by atoms with Gasteiger partial charge in [0.15, 0.2) is 11.5 Å². The average molecular weight is 220 g/mol. The first kappa shape index (κ1) is 10.8. The fraction of sp³-hybridized carbons (Fsp3) is 0.333. The molecule has 0 bridgehead atoms. The molecule has 0 unspecified atom stereocenters. The van der Waals surface area contributed by atoms with E-state index in [2.05, 4.69) is 4.98 Å². The van der Waals surface area contributed by atoms with E-state index in [0.29, 0.717) is 6.54 Å². The van der Waals surface area contributed by atoms with Gasteiger partial charge in [-0.3, -0.25) is 0 Å². The maximum absolute atomic E-state index is 5.57. The van der Waals surface area contributed by atoms with Crippen molar-refractivity contribution in [2.24, 2.45) is 5.73 Å². The first-order valence-electron chi connectivity index (χ1n) is 5.22. The Morgan fingerprint density at radius 2 is 2.06 bits per heavy atom. The monoisotopic (exact) mass is 220 g/mol. The minimum Gasteiger partial charge on any atom is -0.493 e. The van der Waals surface area contributed by atoms with Crippen molar-refractivity contribution in [3.8, 4) is 11.5 Å². The van der Waals surface area contributed by atoms with Crippen molar-refractivity contribution in [3.63, 3.8) is 0 Å². The zero-order valence-corrected chi connectivity index (χ0v) is 9.54. The van der Waals surface area contributed by atoms with Gasteiger partial charge in [0, 0.05) is 11.6 Å². The molecule has 0 aliphatic carbocycles. The van der Waals surface area contributed by atoms with Crippen LogP contribution >= 0.6 is 0 Å². The average Bonchev–Trinajstić information content (AvgIpc) is 2.72. The second-order valence-electron chi connectivity index (χ2n) is 3.58. The van der Waals surface area contributed by atoms with Gasteiger partial charge in [0.1, 0.15) is 0 Å². The number of fused-ring (bicyclic) bond motifs is 1. The summed E-state index contributed by atoms with van der Waals surface area (Å²) >= 11 is 0. The molecule has 0 saturated carbocycles. The molecule has 0 spiro atoms. The Bertz CT molecular complexity index is 491. The maximum atomic E-state index is 5.57. The lowest BCUT2D eigenvalue weighted by molar-refractivity contribution is 0.358. The second kappa shape index (κ2) is 4.45. The van der Waals surface area contributed by atoms with E-state index in [1.54, 1.807) is 14.2 Å². The maximum Gasteiger partial charge on any atom is 0.184 e. The molecule has 1 aromatic carbocycles. The van der Waals surface area contributed by atoms with Crippen LogP contribution in [-0.2, 0) is 6.42 Å². The van der Waals surface area contributed by atoms with Crippen LogP contribution in [0.25, 0.3) is 10.9 Å². The van der Waals surface area contributed by atoms with E-state index in [4.69, 9.17) is 15.2 Å². The van der Waals surface area contributed by atoms with Gasteiger partial charge in [0.05, 0.1) is 19.7 Å². The number of benzene rings is 1. The van der Waals surface area contributed by atoms with E-state index in [1.807, 2.05) is 18.3 Å². The third-order valence-electron chi connectivity index (χ3n) is 2.70. The highest BCUT2D eigenvalue weighted by atomic mass is 16.5. The molecule has 0 atom stereocenters. The van der Waals surface area contributed by atoms with Crippen LogP contribution in [0.4, 0.5) is 0 Å². The molecule has 3 N–H and O–H groups in total. The van der Waals surface area contributed by atoms with Gasteiger partial charge in [0.2, 0.25) is 0 Å². The number of ether oxygens (including phenoxy) is 2. The van der Waals surface area contributed by atoms with Gasteiger partial charge in [0.25, 0.3) is 0 Å². The van der Waals surface area contributed by atoms with Crippen molar-refractivity contribution >= 4 is 10.9 Å². The van der Waals surface area contributed by atoms with Crippen LogP contribution in [0.5, 0.6) is 11.5 Å². The van der Waals surface area contributed by atoms with Crippen molar-refractivity contribution in [1.29, 1.82) is 0 Å². The fourth-order valence-electron chi connectivity index (χ4n) is 1.94. The molecule has 0 aliphatic rings. The van der Waals surface area contributed by atoms with E-state index in [-0.39, 0.29) is 0 Å². The lowest BCUT2D eigenvalue weighted by Crippen LogP contribution is -2.01. The van der Waals surface area contributed by atoms with Gasteiger partial charge in [-0.25, -0.2) is 0 Å². The summed E-state index contributed by atoms with van der Waals surface area (Å²) in [5.74, 6) is 1.47. The SMILES string of the molecule is COc1ccc2c(CCN)c[nH]c2c1OC. The van der Waals surface area contributed by atoms with Crippen LogP contribution in [-0.4, -0.2) is 25.7 Å². The minimum absolute atomic E-state index is 0.640. The van der Waals surface area contributed by atoms with Crippen molar-refractivity contribution in [2.75, 3.05) is 20.8 Å². The highest BCUT2D eigenvalue weighted by molar-refractivity contribution is 5.90. The summed E-state index contributed by atoms with van der Waals surface area (Å²) in [5, 5.41) is 1.14. The smallest absolute Gasteiger partial charge is 0.184 e. The number of H-pyrrole nitrogens is 1. The summed E-state index contributed by atoms with van der Waals surface area (Å²) in [6.45, 7) is 0.640.